The number of pyridine rings is 1. The van der Waals surface area contributed by atoms with Gasteiger partial charge >= 0.3 is 0 Å². The lowest BCUT2D eigenvalue weighted by Crippen LogP contribution is -2.30. The lowest BCUT2D eigenvalue weighted by atomic mass is 10.1. The van der Waals surface area contributed by atoms with E-state index in [-0.39, 0.29) is 30.7 Å². The molecule has 1 rings (SSSR count). The first-order valence-corrected chi connectivity index (χ1v) is 7.01. The molecular formula is C14H23N5O2. The molecule has 0 bridgehead atoms. The maximum Gasteiger partial charge on any atom is 0.251 e. The van der Waals surface area contributed by atoms with Crippen LogP contribution < -0.4 is 21.9 Å². The molecule has 0 aromatic carbocycles. The molecule has 0 saturated heterocycles. The molecule has 0 atom stereocenters. The Kier molecular flexibility index (Phi) is 6.61. The number of carbonyl (C=O) groups is 2. The zero-order chi connectivity index (χ0) is 15.8. The van der Waals surface area contributed by atoms with Crippen molar-refractivity contribution in [3.05, 3.63) is 23.4 Å². The Bertz CT molecular complexity index is 502. The van der Waals surface area contributed by atoms with E-state index in [0.717, 1.165) is 5.69 Å². The molecule has 1 heterocycles. The number of rotatable bonds is 7. The summed E-state index contributed by atoms with van der Waals surface area (Å²) >= 11 is 0. The molecule has 0 aliphatic rings. The van der Waals surface area contributed by atoms with Gasteiger partial charge in [-0.2, -0.15) is 0 Å². The maximum atomic E-state index is 12.1. The van der Waals surface area contributed by atoms with Crippen LogP contribution in [-0.2, 0) is 4.79 Å². The molecule has 0 radical (unpaired) electrons. The van der Waals surface area contributed by atoms with E-state index in [1.54, 1.807) is 12.1 Å². The van der Waals surface area contributed by atoms with Crippen LogP contribution in [0.2, 0.25) is 0 Å². The molecule has 0 saturated carbocycles. The Morgan fingerprint density at radius 3 is 2.57 bits per heavy atom. The number of nitrogens with two attached hydrogens (primary N) is 1. The predicted octanol–water partition coefficient (Wildman–Crippen LogP) is 0.747. The number of anilines is 1. The van der Waals surface area contributed by atoms with Gasteiger partial charge in [-0.25, -0.2) is 10.8 Å². The highest BCUT2D eigenvalue weighted by Gasteiger charge is 2.11. The van der Waals surface area contributed by atoms with E-state index in [4.69, 9.17) is 5.84 Å². The van der Waals surface area contributed by atoms with Gasteiger partial charge in [0.2, 0.25) is 5.91 Å². The van der Waals surface area contributed by atoms with Crippen LogP contribution in [0.3, 0.4) is 0 Å². The Labute approximate surface area is 124 Å². The minimum Gasteiger partial charge on any atom is -0.356 e. The average Bonchev–Trinajstić information content (AvgIpc) is 2.46. The minimum atomic E-state index is -0.250. The van der Waals surface area contributed by atoms with E-state index in [2.05, 4.69) is 21.0 Å². The third-order valence-electron chi connectivity index (χ3n) is 2.86. The van der Waals surface area contributed by atoms with Crippen molar-refractivity contribution in [2.24, 2.45) is 5.84 Å². The number of hydrazine groups is 1. The summed E-state index contributed by atoms with van der Waals surface area (Å²) in [5.41, 5.74) is 3.70. The van der Waals surface area contributed by atoms with E-state index in [1.165, 1.54) is 0 Å². The van der Waals surface area contributed by atoms with Gasteiger partial charge in [-0.15, -0.1) is 0 Å². The zero-order valence-corrected chi connectivity index (χ0v) is 12.7. The summed E-state index contributed by atoms with van der Waals surface area (Å²) in [5, 5.41) is 5.38. The van der Waals surface area contributed by atoms with Crippen molar-refractivity contribution in [3.8, 4) is 0 Å². The third kappa shape index (κ3) is 5.39. The Hall–Kier alpha value is -2.15. The van der Waals surface area contributed by atoms with Gasteiger partial charge in [-0.1, -0.05) is 13.8 Å². The Morgan fingerprint density at radius 2 is 2.00 bits per heavy atom. The van der Waals surface area contributed by atoms with E-state index >= 15 is 0 Å². The third-order valence-corrected chi connectivity index (χ3v) is 2.86. The first-order valence-electron chi connectivity index (χ1n) is 7.01. The zero-order valence-electron chi connectivity index (χ0n) is 12.7. The summed E-state index contributed by atoms with van der Waals surface area (Å²) in [4.78, 5) is 27.7. The summed E-state index contributed by atoms with van der Waals surface area (Å²) < 4.78 is 0. The molecule has 0 aliphatic heterocycles. The van der Waals surface area contributed by atoms with Gasteiger partial charge in [-0.3, -0.25) is 9.59 Å². The summed E-state index contributed by atoms with van der Waals surface area (Å²) in [5.74, 6) is 5.65. The molecule has 0 aliphatic carbocycles. The minimum absolute atomic E-state index is 0.0836. The fraction of sp³-hybridized carbons (Fsp3) is 0.500. The average molecular weight is 293 g/mol. The van der Waals surface area contributed by atoms with Crippen LogP contribution in [0.25, 0.3) is 0 Å². The number of nitrogens with zero attached hydrogens (tertiary/aromatic N) is 1. The van der Waals surface area contributed by atoms with Gasteiger partial charge in [0.1, 0.15) is 5.82 Å². The molecule has 21 heavy (non-hydrogen) atoms. The molecule has 7 nitrogen and oxygen atoms in total. The second kappa shape index (κ2) is 8.21. The number of nitrogen functional groups attached to an aromatic ring is 1. The molecule has 0 spiro atoms. The van der Waals surface area contributed by atoms with Crippen LogP contribution in [0.15, 0.2) is 12.1 Å². The highest BCUT2D eigenvalue weighted by molar-refractivity contribution is 5.95. The lowest BCUT2D eigenvalue weighted by molar-refractivity contribution is -0.120. The monoisotopic (exact) mass is 293 g/mol. The lowest BCUT2D eigenvalue weighted by Gasteiger charge is -2.11. The van der Waals surface area contributed by atoms with E-state index in [0.29, 0.717) is 17.9 Å². The van der Waals surface area contributed by atoms with Crippen molar-refractivity contribution < 1.29 is 9.59 Å². The van der Waals surface area contributed by atoms with E-state index < -0.39 is 0 Å². The van der Waals surface area contributed by atoms with E-state index in [1.807, 2.05) is 20.8 Å². The number of hydrogen-bond acceptors (Lipinski definition) is 5. The second-order valence-corrected chi connectivity index (χ2v) is 4.92. The highest BCUT2D eigenvalue weighted by atomic mass is 16.2. The van der Waals surface area contributed by atoms with Crippen LogP contribution >= 0.6 is 0 Å². The normalized spacial score (nSPS) is 10.3. The Morgan fingerprint density at radius 1 is 1.29 bits per heavy atom. The van der Waals surface area contributed by atoms with Crippen LogP contribution in [0.4, 0.5) is 5.82 Å². The molecular weight excluding hydrogens is 270 g/mol. The van der Waals surface area contributed by atoms with Gasteiger partial charge in [0.05, 0.1) is 0 Å². The standard InChI is InChI=1S/C14H23N5O2/c1-4-16-13(20)5-6-17-14(21)10-7-11(9(2)3)18-12(8-10)19-15/h7-9H,4-6,15H2,1-3H3,(H,16,20)(H,17,21)(H,18,19). The fourth-order valence-corrected chi connectivity index (χ4v) is 1.73. The number of nitrogens with one attached hydrogen (secondary N) is 3. The molecule has 0 fully saturated rings. The van der Waals surface area contributed by atoms with Crippen LogP contribution in [0, 0.1) is 0 Å². The molecule has 1 aromatic heterocycles. The quantitative estimate of drug-likeness (QED) is 0.438. The van der Waals surface area contributed by atoms with E-state index in [9.17, 15) is 9.59 Å². The summed E-state index contributed by atoms with van der Waals surface area (Å²) in [6.07, 6.45) is 0.254. The van der Waals surface area contributed by atoms with Gasteiger partial charge in [-0.05, 0) is 25.0 Å². The highest BCUT2D eigenvalue weighted by Crippen LogP contribution is 2.17. The van der Waals surface area contributed by atoms with Crippen LogP contribution in [0.5, 0.6) is 0 Å². The van der Waals surface area contributed by atoms with Crippen molar-refractivity contribution in [2.45, 2.75) is 33.1 Å². The number of hydrogen-bond donors (Lipinski definition) is 4. The second-order valence-electron chi connectivity index (χ2n) is 4.92. The van der Waals surface area contributed by atoms with Crippen molar-refractivity contribution in [1.29, 1.82) is 0 Å². The molecule has 116 valence electrons. The Balaban J connectivity index is 2.69. The summed E-state index contributed by atoms with van der Waals surface area (Å²) in [6, 6.07) is 3.31. The predicted molar refractivity (Wildman–Crippen MR) is 81.8 cm³/mol. The molecule has 0 unspecified atom stereocenters. The molecule has 1 aromatic rings. The summed E-state index contributed by atoms with van der Waals surface area (Å²) in [6.45, 7) is 6.69. The number of amides is 2. The molecule has 7 heteroatoms. The van der Waals surface area contributed by atoms with Crippen LogP contribution in [0.1, 0.15) is 49.2 Å². The van der Waals surface area contributed by atoms with Crippen molar-refractivity contribution in [2.75, 3.05) is 18.5 Å². The number of carbonyl (C=O) groups excluding carboxylic acids is 2. The van der Waals surface area contributed by atoms with Gasteiger partial charge < -0.3 is 16.1 Å². The van der Waals surface area contributed by atoms with Gasteiger partial charge in [0, 0.05) is 30.8 Å². The number of aromatic nitrogens is 1. The maximum absolute atomic E-state index is 12.1. The van der Waals surface area contributed by atoms with Crippen molar-refractivity contribution >= 4 is 17.6 Å². The van der Waals surface area contributed by atoms with Gasteiger partial charge in [0.25, 0.3) is 5.91 Å². The molecule has 5 N–H and O–H groups in total. The van der Waals surface area contributed by atoms with Crippen molar-refractivity contribution in [3.63, 3.8) is 0 Å². The smallest absolute Gasteiger partial charge is 0.251 e. The summed E-state index contributed by atoms with van der Waals surface area (Å²) in [7, 11) is 0. The molecule has 2 amide bonds. The van der Waals surface area contributed by atoms with Crippen LogP contribution in [-0.4, -0.2) is 29.9 Å². The topological polar surface area (TPSA) is 109 Å². The first-order chi connectivity index (χ1) is 9.97. The SMILES string of the molecule is CCNC(=O)CCNC(=O)c1cc(NN)nc(C(C)C)c1. The fourth-order valence-electron chi connectivity index (χ4n) is 1.73. The van der Waals surface area contributed by atoms with Gasteiger partial charge in [0.15, 0.2) is 0 Å². The first kappa shape index (κ1) is 16.9. The largest absolute Gasteiger partial charge is 0.356 e. The van der Waals surface area contributed by atoms with Crippen molar-refractivity contribution in [1.82, 2.24) is 15.6 Å².